The molecule has 2 unspecified atom stereocenters. The molecule has 0 amide bonds. The molecular formula is C7H8FNO2. The lowest BCUT2D eigenvalue weighted by Gasteiger charge is -2.03. The topological polar surface area (TPSA) is 50.1 Å². The zero-order chi connectivity index (χ0) is 8.48. The lowest BCUT2D eigenvalue weighted by atomic mass is 10.1. The van der Waals surface area contributed by atoms with E-state index in [1.165, 1.54) is 0 Å². The Morgan fingerprint density at radius 2 is 2.55 bits per heavy atom. The van der Waals surface area contributed by atoms with Crippen LogP contribution in [0.4, 0.5) is 4.39 Å². The van der Waals surface area contributed by atoms with Crippen molar-refractivity contribution in [2.24, 2.45) is 5.41 Å². The van der Waals surface area contributed by atoms with Gasteiger partial charge in [0.1, 0.15) is 6.17 Å². The predicted octanol–water partition coefficient (Wildman–Crippen LogP) is 0.801. The largest absolute Gasteiger partial charge is 0.465 e. The molecule has 1 saturated carbocycles. The van der Waals surface area contributed by atoms with Crippen LogP contribution >= 0.6 is 0 Å². The number of alkyl halides is 1. The molecule has 0 radical (unpaired) electrons. The lowest BCUT2D eigenvalue weighted by Crippen LogP contribution is -2.19. The number of hydrogen-bond donors (Lipinski definition) is 0. The Bertz CT molecular complexity index is 223. The van der Waals surface area contributed by atoms with Crippen LogP contribution in [0.2, 0.25) is 0 Å². The lowest BCUT2D eigenvalue weighted by molar-refractivity contribution is -0.148. The Labute approximate surface area is 63.8 Å². The van der Waals surface area contributed by atoms with E-state index in [1.807, 2.05) is 0 Å². The number of halogens is 1. The van der Waals surface area contributed by atoms with Gasteiger partial charge in [-0.3, -0.25) is 4.79 Å². The summed E-state index contributed by atoms with van der Waals surface area (Å²) in [6, 6.07) is 1.64. The molecule has 0 aromatic heterocycles. The minimum absolute atomic E-state index is 0.0116. The molecular weight excluding hydrogens is 149 g/mol. The van der Waals surface area contributed by atoms with Crippen LogP contribution in [-0.4, -0.2) is 18.7 Å². The summed E-state index contributed by atoms with van der Waals surface area (Å²) in [4.78, 5) is 10.9. The Hall–Kier alpha value is -1.11. The molecule has 0 heterocycles. The van der Waals surface area contributed by atoms with E-state index in [9.17, 15) is 9.18 Å². The van der Waals surface area contributed by atoms with E-state index in [4.69, 9.17) is 5.26 Å². The van der Waals surface area contributed by atoms with E-state index in [1.54, 1.807) is 13.0 Å². The normalized spacial score (nSPS) is 34.1. The molecule has 0 spiro atoms. The zero-order valence-electron chi connectivity index (χ0n) is 6.13. The van der Waals surface area contributed by atoms with Crippen LogP contribution in [0, 0.1) is 16.7 Å². The van der Waals surface area contributed by atoms with Crippen molar-refractivity contribution >= 4 is 5.97 Å². The van der Waals surface area contributed by atoms with Gasteiger partial charge in [-0.1, -0.05) is 0 Å². The van der Waals surface area contributed by atoms with Gasteiger partial charge in [0.15, 0.2) is 5.41 Å². The molecule has 60 valence electrons. The van der Waals surface area contributed by atoms with E-state index < -0.39 is 17.6 Å². The van der Waals surface area contributed by atoms with Gasteiger partial charge in [0, 0.05) is 6.42 Å². The average Bonchev–Trinajstić information content (AvgIpc) is 2.63. The second-order valence-electron chi connectivity index (χ2n) is 2.48. The molecule has 0 aromatic rings. The van der Waals surface area contributed by atoms with Gasteiger partial charge in [-0.15, -0.1) is 0 Å². The number of carbonyl (C=O) groups excluding carboxylic acids is 1. The molecule has 3 nitrogen and oxygen atoms in total. The second kappa shape index (κ2) is 2.50. The maximum atomic E-state index is 12.5. The first-order chi connectivity index (χ1) is 5.17. The molecule has 1 aliphatic rings. The summed E-state index contributed by atoms with van der Waals surface area (Å²) in [5.41, 5.74) is -1.46. The highest BCUT2D eigenvalue weighted by atomic mass is 19.1. The van der Waals surface area contributed by atoms with Crippen LogP contribution in [0.1, 0.15) is 13.3 Å². The summed E-state index contributed by atoms with van der Waals surface area (Å²) < 4.78 is 17.0. The highest BCUT2D eigenvalue weighted by Crippen LogP contribution is 2.48. The van der Waals surface area contributed by atoms with Crippen molar-refractivity contribution in [1.82, 2.24) is 0 Å². The van der Waals surface area contributed by atoms with Crippen molar-refractivity contribution in [2.75, 3.05) is 6.61 Å². The predicted molar refractivity (Wildman–Crippen MR) is 34.2 cm³/mol. The first-order valence-corrected chi connectivity index (χ1v) is 3.40. The van der Waals surface area contributed by atoms with Gasteiger partial charge < -0.3 is 4.74 Å². The van der Waals surface area contributed by atoms with Gasteiger partial charge in [-0.05, 0) is 6.92 Å². The summed E-state index contributed by atoms with van der Waals surface area (Å²) in [6.45, 7) is 1.81. The Balaban J connectivity index is 2.60. The van der Waals surface area contributed by atoms with Crippen molar-refractivity contribution in [3.05, 3.63) is 0 Å². The van der Waals surface area contributed by atoms with Crippen molar-refractivity contribution in [1.29, 1.82) is 5.26 Å². The molecule has 1 fully saturated rings. The van der Waals surface area contributed by atoms with Gasteiger partial charge in [0.2, 0.25) is 0 Å². The van der Waals surface area contributed by atoms with Gasteiger partial charge >= 0.3 is 5.97 Å². The second-order valence-corrected chi connectivity index (χ2v) is 2.48. The number of nitrogens with zero attached hydrogens (tertiary/aromatic N) is 1. The highest BCUT2D eigenvalue weighted by Gasteiger charge is 2.63. The van der Waals surface area contributed by atoms with Crippen molar-refractivity contribution in [3.8, 4) is 6.07 Å². The number of hydrogen-bond acceptors (Lipinski definition) is 3. The molecule has 0 aliphatic heterocycles. The maximum Gasteiger partial charge on any atom is 0.329 e. The summed E-state index contributed by atoms with van der Waals surface area (Å²) >= 11 is 0. The molecule has 1 aliphatic carbocycles. The van der Waals surface area contributed by atoms with Crippen LogP contribution in [0.3, 0.4) is 0 Å². The van der Waals surface area contributed by atoms with Crippen molar-refractivity contribution in [3.63, 3.8) is 0 Å². The number of esters is 1. The van der Waals surface area contributed by atoms with Crippen LogP contribution in [0.15, 0.2) is 0 Å². The smallest absolute Gasteiger partial charge is 0.329 e. The van der Waals surface area contributed by atoms with Gasteiger partial charge in [-0.25, -0.2) is 4.39 Å². The van der Waals surface area contributed by atoms with E-state index in [-0.39, 0.29) is 13.0 Å². The molecule has 1 rings (SSSR count). The standard InChI is InChI=1S/C7H8FNO2/c1-2-11-6(10)7(4-9)3-5(7)8/h5H,2-3H2,1H3. The molecule has 2 atom stereocenters. The quantitative estimate of drug-likeness (QED) is 0.557. The third kappa shape index (κ3) is 1.07. The van der Waals surface area contributed by atoms with E-state index in [0.29, 0.717) is 0 Å². The Kier molecular flexibility index (Phi) is 1.81. The zero-order valence-corrected chi connectivity index (χ0v) is 6.13. The third-order valence-corrected chi connectivity index (χ3v) is 1.71. The van der Waals surface area contributed by atoms with Gasteiger partial charge in [0.25, 0.3) is 0 Å². The molecule has 0 aromatic carbocycles. The third-order valence-electron chi connectivity index (χ3n) is 1.71. The fourth-order valence-corrected chi connectivity index (χ4v) is 0.856. The van der Waals surface area contributed by atoms with E-state index in [0.717, 1.165) is 0 Å². The molecule has 0 bridgehead atoms. The summed E-state index contributed by atoms with van der Waals surface area (Å²) in [6.07, 6.45) is -1.34. The minimum Gasteiger partial charge on any atom is -0.465 e. The number of nitriles is 1. The molecule has 0 saturated heterocycles. The van der Waals surface area contributed by atoms with Crippen LogP contribution in [0.5, 0.6) is 0 Å². The van der Waals surface area contributed by atoms with Gasteiger partial charge in [0.05, 0.1) is 12.7 Å². The Morgan fingerprint density at radius 3 is 2.82 bits per heavy atom. The summed E-state index contributed by atoms with van der Waals surface area (Å²) in [5.74, 6) is -0.727. The fourth-order valence-electron chi connectivity index (χ4n) is 0.856. The Morgan fingerprint density at radius 1 is 2.00 bits per heavy atom. The summed E-state index contributed by atoms with van der Waals surface area (Å²) in [5, 5.41) is 8.43. The molecule has 0 N–H and O–H groups in total. The van der Waals surface area contributed by atoms with Crippen molar-refractivity contribution < 1.29 is 13.9 Å². The average molecular weight is 157 g/mol. The van der Waals surface area contributed by atoms with Crippen molar-refractivity contribution in [2.45, 2.75) is 19.5 Å². The monoisotopic (exact) mass is 157 g/mol. The fraction of sp³-hybridized carbons (Fsp3) is 0.714. The SMILES string of the molecule is CCOC(=O)C1(C#N)CC1F. The maximum absolute atomic E-state index is 12.5. The van der Waals surface area contributed by atoms with Crippen LogP contribution in [0.25, 0.3) is 0 Å². The molecule has 4 heteroatoms. The summed E-state index contributed by atoms with van der Waals surface area (Å²) in [7, 11) is 0. The van der Waals surface area contributed by atoms with E-state index in [2.05, 4.69) is 4.74 Å². The molecule has 11 heavy (non-hydrogen) atoms. The number of rotatable bonds is 2. The first-order valence-electron chi connectivity index (χ1n) is 3.40. The van der Waals surface area contributed by atoms with Crippen LogP contribution < -0.4 is 0 Å². The first kappa shape index (κ1) is 7.99. The van der Waals surface area contributed by atoms with Crippen LogP contribution in [-0.2, 0) is 9.53 Å². The number of ether oxygens (including phenoxy) is 1. The van der Waals surface area contributed by atoms with E-state index >= 15 is 0 Å². The minimum atomic E-state index is -1.46. The number of carbonyl (C=O) groups is 1. The highest BCUT2D eigenvalue weighted by molar-refractivity contribution is 5.84. The van der Waals surface area contributed by atoms with Gasteiger partial charge in [-0.2, -0.15) is 5.26 Å².